The average molecular weight is 310 g/mol. The summed E-state index contributed by atoms with van der Waals surface area (Å²) in [6.07, 6.45) is 1.55. The van der Waals surface area contributed by atoms with E-state index in [-0.39, 0.29) is 22.5 Å². The highest BCUT2D eigenvalue weighted by atomic mass is 32.2. The number of carbonyl (C=O) groups is 1. The summed E-state index contributed by atoms with van der Waals surface area (Å²) in [5.74, 6) is -0.148. The van der Waals surface area contributed by atoms with Gasteiger partial charge in [0.25, 0.3) is 0 Å². The van der Waals surface area contributed by atoms with Crippen LogP contribution in [-0.2, 0) is 14.6 Å². The Hall–Kier alpha value is -1.40. The predicted molar refractivity (Wildman–Crippen MR) is 83.0 cm³/mol. The summed E-state index contributed by atoms with van der Waals surface area (Å²) >= 11 is 0. The molecule has 1 aliphatic heterocycles. The molecule has 0 aromatic heterocycles. The molecule has 0 bridgehead atoms. The summed E-state index contributed by atoms with van der Waals surface area (Å²) in [7, 11) is -3.34. The van der Waals surface area contributed by atoms with E-state index in [9.17, 15) is 13.2 Å². The van der Waals surface area contributed by atoms with E-state index in [2.05, 4.69) is 17.6 Å². The van der Waals surface area contributed by atoms with Crippen molar-refractivity contribution in [2.24, 2.45) is 5.92 Å². The largest absolute Gasteiger partial charge is 0.325 e. The van der Waals surface area contributed by atoms with E-state index < -0.39 is 9.84 Å². The van der Waals surface area contributed by atoms with Crippen LogP contribution in [0, 0.1) is 5.92 Å². The topological polar surface area (TPSA) is 75.3 Å². The first kappa shape index (κ1) is 16.0. The second-order valence-corrected chi connectivity index (χ2v) is 7.71. The fourth-order valence-electron chi connectivity index (χ4n) is 2.60. The van der Waals surface area contributed by atoms with Crippen molar-refractivity contribution in [3.63, 3.8) is 0 Å². The first-order chi connectivity index (χ1) is 9.94. The van der Waals surface area contributed by atoms with Crippen molar-refractivity contribution in [2.45, 2.75) is 37.6 Å². The quantitative estimate of drug-likeness (QED) is 0.889. The fraction of sp³-hybridized carbons (Fsp3) is 0.533. The predicted octanol–water partition coefficient (Wildman–Crippen LogP) is 1.81. The molecule has 2 N–H and O–H groups in total. The molecule has 2 atom stereocenters. The Kier molecular flexibility index (Phi) is 5.00. The molecule has 0 spiro atoms. The van der Waals surface area contributed by atoms with Crippen LogP contribution < -0.4 is 10.6 Å². The van der Waals surface area contributed by atoms with Crippen LogP contribution in [0.1, 0.15) is 26.7 Å². The van der Waals surface area contributed by atoms with Gasteiger partial charge in [0.05, 0.1) is 16.3 Å². The molecule has 116 valence electrons. The number of benzene rings is 1. The van der Waals surface area contributed by atoms with E-state index in [1.165, 1.54) is 0 Å². The lowest BCUT2D eigenvalue weighted by atomic mass is 9.92. The zero-order valence-corrected chi connectivity index (χ0v) is 13.2. The molecule has 1 aromatic rings. The number of anilines is 1. The third-order valence-corrected chi connectivity index (χ3v) is 5.64. The molecule has 0 saturated carbocycles. The van der Waals surface area contributed by atoms with Gasteiger partial charge in [-0.15, -0.1) is 0 Å². The van der Waals surface area contributed by atoms with Gasteiger partial charge in [0, 0.05) is 12.0 Å². The minimum Gasteiger partial charge on any atom is -0.325 e. The molecule has 21 heavy (non-hydrogen) atoms. The summed E-state index contributed by atoms with van der Waals surface area (Å²) in [4.78, 5) is 12.5. The lowest BCUT2D eigenvalue weighted by Gasteiger charge is -2.27. The molecule has 2 rings (SSSR count). The maximum absolute atomic E-state index is 12.3. The molecule has 1 heterocycles. The van der Waals surface area contributed by atoms with Gasteiger partial charge in [-0.2, -0.15) is 0 Å². The first-order valence-electron chi connectivity index (χ1n) is 7.30. The highest BCUT2D eigenvalue weighted by Gasteiger charge is 2.26. The van der Waals surface area contributed by atoms with Gasteiger partial charge >= 0.3 is 0 Å². The van der Waals surface area contributed by atoms with Crippen molar-refractivity contribution in [2.75, 3.05) is 17.6 Å². The third kappa shape index (κ3) is 3.83. The molecule has 0 aliphatic carbocycles. The van der Waals surface area contributed by atoms with Crippen LogP contribution >= 0.6 is 0 Å². The molecule has 1 fully saturated rings. The number of para-hydroxylation sites is 1. The number of amides is 1. The van der Waals surface area contributed by atoms with Crippen molar-refractivity contribution in [1.82, 2.24) is 5.32 Å². The third-order valence-electron chi connectivity index (χ3n) is 3.85. The first-order valence-corrected chi connectivity index (χ1v) is 8.95. The highest BCUT2D eigenvalue weighted by molar-refractivity contribution is 7.91. The molecule has 2 unspecified atom stereocenters. The van der Waals surface area contributed by atoms with Gasteiger partial charge < -0.3 is 10.6 Å². The number of hydrogen-bond donors (Lipinski definition) is 2. The van der Waals surface area contributed by atoms with Crippen LogP contribution in [0.4, 0.5) is 5.69 Å². The van der Waals surface area contributed by atoms with Crippen LogP contribution in [0.5, 0.6) is 0 Å². The molecule has 0 radical (unpaired) electrons. The lowest BCUT2D eigenvalue weighted by molar-refractivity contribution is -0.120. The summed E-state index contributed by atoms with van der Waals surface area (Å²) in [5, 5.41) is 6.09. The number of hydrogen-bond acceptors (Lipinski definition) is 4. The van der Waals surface area contributed by atoms with Gasteiger partial charge in [-0.3, -0.25) is 4.79 Å². The van der Waals surface area contributed by atoms with E-state index in [1.54, 1.807) is 31.2 Å². The van der Waals surface area contributed by atoms with Gasteiger partial charge in [-0.25, -0.2) is 8.42 Å². The van der Waals surface area contributed by atoms with Crippen molar-refractivity contribution < 1.29 is 13.2 Å². The number of rotatable bonds is 4. The van der Waals surface area contributed by atoms with Crippen LogP contribution in [0.25, 0.3) is 0 Å². The SMILES string of the molecule is CCS(=O)(=O)c1ccccc1NC(=O)C1CCNC(C)C1. The molecular formula is C15H22N2O3S. The maximum Gasteiger partial charge on any atom is 0.227 e. The fourth-order valence-corrected chi connectivity index (χ4v) is 3.65. The van der Waals surface area contributed by atoms with Crippen molar-refractivity contribution in [3.8, 4) is 0 Å². The Balaban J connectivity index is 2.18. The van der Waals surface area contributed by atoms with Gasteiger partial charge in [-0.05, 0) is 38.4 Å². The highest BCUT2D eigenvalue weighted by Crippen LogP contribution is 2.24. The molecule has 1 aliphatic rings. The zero-order valence-electron chi connectivity index (χ0n) is 12.4. The van der Waals surface area contributed by atoms with E-state index in [4.69, 9.17) is 0 Å². The number of nitrogens with one attached hydrogen (secondary N) is 2. The molecule has 5 nitrogen and oxygen atoms in total. The second-order valence-electron chi connectivity index (χ2n) is 5.47. The van der Waals surface area contributed by atoms with E-state index in [0.717, 1.165) is 19.4 Å². The van der Waals surface area contributed by atoms with E-state index in [0.29, 0.717) is 11.7 Å². The van der Waals surface area contributed by atoms with Crippen LogP contribution in [0.3, 0.4) is 0 Å². The summed E-state index contributed by atoms with van der Waals surface area (Å²) in [5.41, 5.74) is 0.385. The Bertz CT molecular complexity index is 613. The minimum atomic E-state index is -3.34. The number of carbonyl (C=O) groups excluding carboxylic acids is 1. The lowest BCUT2D eigenvalue weighted by Crippen LogP contribution is -2.40. The monoisotopic (exact) mass is 310 g/mol. The molecule has 1 aromatic carbocycles. The molecule has 6 heteroatoms. The number of piperidine rings is 1. The standard InChI is InChI=1S/C15H22N2O3S/c1-3-21(19,20)14-7-5-4-6-13(14)17-15(18)12-8-9-16-11(2)10-12/h4-7,11-12,16H,3,8-10H2,1-2H3,(H,17,18). The zero-order chi connectivity index (χ0) is 15.5. The van der Waals surface area contributed by atoms with Crippen LogP contribution in [-0.4, -0.2) is 32.7 Å². The molecular weight excluding hydrogens is 288 g/mol. The van der Waals surface area contributed by atoms with Crippen molar-refractivity contribution in [1.29, 1.82) is 0 Å². The van der Waals surface area contributed by atoms with Gasteiger partial charge in [0.2, 0.25) is 5.91 Å². The van der Waals surface area contributed by atoms with Crippen LogP contribution in [0.15, 0.2) is 29.2 Å². The number of sulfone groups is 1. The Morgan fingerprint density at radius 2 is 2.10 bits per heavy atom. The molecule has 1 amide bonds. The molecule has 1 saturated heterocycles. The van der Waals surface area contributed by atoms with Gasteiger partial charge in [0.15, 0.2) is 9.84 Å². The van der Waals surface area contributed by atoms with Crippen LogP contribution in [0.2, 0.25) is 0 Å². The van der Waals surface area contributed by atoms with Crippen molar-refractivity contribution >= 4 is 21.4 Å². The smallest absolute Gasteiger partial charge is 0.227 e. The summed E-state index contributed by atoms with van der Waals surface area (Å²) in [6.45, 7) is 4.46. The Labute approximate surface area is 126 Å². The Morgan fingerprint density at radius 1 is 1.38 bits per heavy atom. The average Bonchev–Trinajstić information content (AvgIpc) is 2.47. The summed E-state index contributed by atoms with van der Waals surface area (Å²) in [6, 6.07) is 6.90. The summed E-state index contributed by atoms with van der Waals surface area (Å²) < 4.78 is 24.1. The minimum absolute atomic E-state index is 0.0181. The van der Waals surface area contributed by atoms with E-state index in [1.807, 2.05) is 0 Å². The second kappa shape index (κ2) is 6.58. The van der Waals surface area contributed by atoms with E-state index >= 15 is 0 Å². The van der Waals surface area contributed by atoms with Crippen molar-refractivity contribution in [3.05, 3.63) is 24.3 Å². The normalized spacial score (nSPS) is 22.8. The maximum atomic E-state index is 12.3. The van der Waals surface area contributed by atoms with Gasteiger partial charge in [0.1, 0.15) is 0 Å². The van der Waals surface area contributed by atoms with Gasteiger partial charge in [-0.1, -0.05) is 19.1 Å². The Morgan fingerprint density at radius 3 is 2.76 bits per heavy atom.